The van der Waals surface area contributed by atoms with E-state index in [4.69, 9.17) is 19.3 Å². The fourth-order valence-electron chi connectivity index (χ4n) is 5.15. The molecule has 0 aliphatic carbocycles. The Kier molecular flexibility index (Phi) is 5.48. The summed E-state index contributed by atoms with van der Waals surface area (Å²) in [6, 6.07) is 10.6. The zero-order valence-electron chi connectivity index (χ0n) is 19.3. The summed E-state index contributed by atoms with van der Waals surface area (Å²) in [5.41, 5.74) is 6.91. The third-order valence-electron chi connectivity index (χ3n) is 6.72. The second kappa shape index (κ2) is 8.46. The average Bonchev–Trinajstić information content (AvgIpc) is 2.82. The Labute approximate surface area is 193 Å². The fourth-order valence-corrected chi connectivity index (χ4v) is 5.15. The molecule has 0 unspecified atom stereocenters. The number of benzene rings is 2. The Morgan fingerprint density at radius 1 is 1.12 bits per heavy atom. The van der Waals surface area contributed by atoms with Gasteiger partial charge in [0.1, 0.15) is 19.4 Å². The number of aromatic nitrogens is 1. The molecule has 0 spiro atoms. The van der Waals surface area contributed by atoms with Crippen LogP contribution in [0.3, 0.4) is 0 Å². The van der Waals surface area contributed by atoms with Crippen molar-refractivity contribution in [2.45, 2.75) is 32.3 Å². The van der Waals surface area contributed by atoms with E-state index in [-0.39, 0.29) is 6.42 Å². The number of anilines is 1. The van der Waals surface area contributed by atoms with Crippen molar-refractivity contribution in [3.8, 4) is 28.5 Å². The van der Waals surface area contributed by atoms with Crippen LogP contribution in [0.15, 0.2) is 30.3 Å². The van der Waals surface area contributed by atoms with Gasteiger partial charge in [-0.05, 0) is 43.0 Å². The first-order valence-electron chi connectivity index (χ1n) is 11.3. The van der Waals surface area contributed by atoms with Crippen LogP contribution >= 0.6 is 0 Å². The molecule has 2 aromatic carbocycles. The Morgan fingerprint density at radius 3 is 2.67 bits per heavy atom. The van der Waals surface area contributed by atoms with E-state index in [2.05, 4.69) is 34.7 Å². The number of nitrogens with zero attached hydrogens (tertiary/aromatic N) is 2. The van der Waals surface area contributed by atoms with Crippen molar-refractivity contribution in [2.24, 2.45) is 7.05 Å². The molecule has 2 aliphatic heterocycles. The van der Waals surface area contributed by atoms with Crippen molar-refractivity contribution < 1.29 is 28.7 Å². The number of methoxy groups -OCH3 is 2. The van der Waals surface area contributed by atoms with Crippen LogP contribution in [0.4, 0.5) is 5.69 Å². The summed E-state index contributed by atoms with van der Waals surface area (Å²) < 4.78 is 19.5. The van der Waals surface area contributed by atoms with Gasteiger partial charge in [0, 0.05) is 31.3 Å². The number of ether oxygens (including phenoxy) is 3. The van der Waals surface area contributed by atoms with Gasteiger partial charge in [0.2, 0.25) is 11.2 Å². The number of hydrogen-bond acceptors (Lipinski definition) is 5. The van der Waals surface area contributed by atoms with Crippen LogP contribution in [0, 0.1) is 0 Å². The van der Waals surface area contributed by atoms with Gasteiger partial charge < -0.3 is 24.2 Å². The number of carboxylic acids is 1. The highest BCUT2D eigenvalue weighted by Gasteiger charge is 2.31. The lowest BCUT2D eigenvalue weighted by atomic mass is 9.93. The summed E-state index contributed by atoms with van der Waals surface area (Å²) >= 11 is 0. The number of carboxylic acid groups (broad SMARTS) is 1. The van der Waals surface area contributed by atoms with Crippen LogP contribution in [0.1, 0.15) is 30.4 Å². The van der Waals surface area contributed by atoms with Crippen LogP contribution in [0.25, 0.3) is 22.2 Å². The van der Waals surface area contributed by atoms with Gasteiger partial charge in [0.05, 0.1) is 36.8 Å². The van der Waals surface area contributed by atoms with Gasteiger partial charge >= 0.3 is 5.97 Å². The van der Waals surface area contributed by atoms with E-state index in [1.165, 1.54) is 11.3 Å². The van der Waals surface area contributed by atoms with Gasteiger partial charge in [-0.1, -0.05) is 0 Å². The molecule has 7 heteroatoms. The molecule has 0 saturated carbocycles. The van der Waals surface area contributed by atoms with Gasteiger partial charge in [-0.3, -0.25) is 4.79 Å². The topological polar surface area (TPSA) is 72.1 Å². The lowest BCUT2D eigenvalue weighted by Crippen LogP contribution is -2.35. The second-order valence-corrected chi connectivity index (χ2v) is 8.70. The van der Waals surface area contributed by atoms with Crippen LogP contribution < -0.4 is 23.7 Å². The third-order valence-corrected chi connectivity index (χ3v) is 6.72. The predicted molar refractivity (Wildman–Crippen MR) is 125 cm³/mol. The summed E-state index contributed by atoms with van der Waals surface area (Å²) in [6.07, 6.45) is 2.91. The number of carbonyl (C=O) groups is 1. The second-order valence-electron chi connectivity index (χ2n) is 8.70. The maximum Gasteiger partial charge on any atom is 0.303 e. The van der Waals surface area contributed by atoms with E-state index in [9.17, 15) is 4.79 Å². The molecular weight excluding hydrogens is 420 g/mol. The van der Waals surface area contributed by atoms with Crippen molar-refractivity contribution in [2.75, 3.05) is 32.2 Å². The van der Waals surface area contributed by atoms with Crippen LogP contribution in [0.5, 0.6) is 17.2 Å². The van der Waals surface area contributed by atoms with E-state index in [1.807, 2.05) is 12.1 Å². The standard InChI is InChI=1S/C26H28N2O5/c1-27-20-13-24(32-3)23(31-2)12-17(20)10-18-15-33-22-14-21-16(11-19(22)26(18)27)6-4-8-28(21)9-5-7-25(29)30/h10-14H,4-9,15H2,1-3H3/p+1. The fraction of sp³-hybridized carbons (Fsp3) is 0.385. The van der Waals surface area contributed by atoms with E-state index in [0.717, 1.165) is 59.4 Å². The molecular formula is C26H29N2O5+. The molecule has 7 nitrogen and oxygen atoms in total. The van der Waals surface area contributed by atoms with E-state index in [0.29, 0.717) is 24.5 Å². The molecule has 0 radical (unpaired) electrons. The minimum atomic E-state index is -0.744. The molecule has 0 fully saturated rings. The smallest absolute Gasteiger partial charge is 0.303 e. The van der Waals surface area contributed by atoms with Gasteiger partial charge in [-0.15, -0.1) is 0 Å². The maximum absolute atomic E-state index is 10.9. The van der Waals surface area contributed by atoms with Crippen molar-refractivity contribution in [3.05, 3.63) is 41.5 Å². The van der Waals surface area contributed by atoms with E-state index in [1.54, 1.807) is 14.2 Å². The number of fused-ring (bicyclic) bond motifs is 5. The summed E-state index contributed by atoms with van der Waals surface area (Å²) in [7, 11) is 5.38. The highest BCUT2D eigenvalue weighted by Crippen LogP contribution is 2.43. The molecule has 0 bridgehead atoms. The minimum Gasteiger partial charge on any atom is -0.493 e. The first-order chi connectivity index (χ1) is 16.0. The largest absolute Gasteiger partial charge is 0.493 e. The maximum atomic E-state index is 10.9. The molecule has 0 saturated heterocycles. The zero-order chi connectivity index (χ0) is 23.1. The molecule has 1 N–H and O–H groups in total. The molecule has 172 valence electrons. The zero-order valence-corrected chi connectivity index (χ0v) is 19.3. The third kappa shape index (κ3) is 3.71. The highest BCUT2D eigenvalue weighted by molar-refractivity contribution is 5.85. The number of rotatable bonds is 6. The van der Waals surface area contributed by atoms with E-state index < -0.39 is 5.97 Å². The number of aryl methyl sites for hydroxylation is 2. The normalized spacial score (nSPS) is 14.2. The van der Waals surface area contributed by atoms with Crippen molar-refractivity contribution in [1.29, 1.82) is 0 Å². The molecule has 3 aromatic rings. The molecule has 1 aromatic heterocycles. The van der Waals surface area contributed by atoms with Gasteiger partial charge in [-0.25, -0.2) is 0 Å². The summed E-state index contributed by atoms with van der Waals surface area (Å²) in [6.45, 7) is 2.19. The number of pyridine rings is 1. The lowest BCUT2D eigenvalue weighted by Gasteiger charge is -2.33. The SMILES string of the molecule is COc1cc2cc3c([n+](C)c2cc1OC)-c1cc2c(cc1OC3)N(CCCC(=O)O)CCC2. The monoisotopic (exact) mass is 449 g/mol. The Morgan fingerprint density at radius 2 is 1.91 bits per heavy atom. The molecule has 5 rings (SSSR count). The van der Waals surface area contributed by atoms with Crippen molar-refractivity contribution >= 4 is 22.6 Å². The molecule has 2 aliphatic rings. The number of aliphatic carboxylic acids is 1. The van der Waals surface area contributed by atoms with Gasteiger partial charge in [0.15, 0.2) is 11.5 Å². The first kappa shape index (κ1) is 21.4. The summed E-state index contributed by atoms with van der Waals surface area (Å²) in [5.74, 6) is 1.54. The molecule has 0 atom stereocenters. The average molecular weight is 450 g/mol. The van der Waals surface area contributed by atoms with Gasteiger partial charge in [-0.2, -0.15) is 4.57 Å². The van der Waals surface area contributed by atoms with Gasteiger partial charge in [0.25, 0.3) is 0 Å². The predicted octanol–water partition coefficient (Wildman–Crippen LogP) is 3.86. The Balaban J connectivity index is 1.59. The summed E-state index contributed by atoms with van der Waals surface area (Å²) in [5, 5.41) is 10.1. The van der Waals surface area contributed by atoms with Crippen LogP contribution in [-0.2, 0) is 24.9 Å². The lowest BCUT2D eigenvalue weighted by molar-refractivity contribution is -0.634. The quantitative estimate of drug-likeness (QED) is 0.577. The van der Waals surface area contributed by atoms with Crippen molar-refractivity contribution in [3.63, 3.8) is 0 Å². The number of hydrogen-bond donors (Lipinski definition) is 1. The molecule has 33 heavy (non-hydrogen) atoms. The minimum absolute atomic E-state index is 0.192. The van der Waals surface area contributed by atoms with Crippen LogP contribution in [-0.4, -0.2) is 38.4 Å². The Bertz CT molecular complexity index is 1250. The Hall–Kier alpha value is -3.48. The van der Waals surface area contributed by atoms with Crippen LogP contribution in [0.2, 0.25) is 0 Å². The first-order valence-corrected chi connectivity index (χ1v) is 11.3. The molecule has 0 amide bonds. The summed E-state index contributed by atoms with van der Waals surface area (Å²) in [4.78, 5) is 13.2. The van der Waals surface area contributed by atoms with E-state index >= 15 is 0 Å². The molecule has 3 heterocycles. The van der Waals surface area contributed by atoms with Crippen molar-refractivity contribution in [1.82, 2.24) is 0 Å². The highest BCUT2D eigenvalue weighted by atomic mass is 16.5.